The topological polar surface area (TPSA) is 101 Å². The molecular weight excluding hydrogens is 272 g/mol. The van der Waals surface area contributed by atoms with Gasteiger partial charge in [0.05, 0.1) is 12.5 Å². The summed E-state index contributed by atoms with van der Waals surface area (Å²) in [6, 6.07) is 9.22. The van der Waals surface area contributed by atoms with E-state index >= 15 is 0 Å². The fourth-order valence-corrected chi connectivity index (χ4v) is 2.35. The molecule has 1 atom stereocenters. The Labute approximate surface area is 121 Å². The van der Waals surface area contributed by atoms with Crippen molar-refractivity contribution in [1.82, 2.24) is 4.90 Å². The van der Waals surface area contributed by atoms with Crippen LogP contribution in [-0.2, 0) is 20.9 Å². The number of carbonyl (C=O) groups is 3. The summed E-state index contributed by atoms with van der Waals surface area (Å²) in [7, 11) is 0. The molecule has 0 aromatic heterocycles. The molecule has 1 aliphatic rings. The van der Waals surface area contributed by atoms with Crippen LogP contribution in [-0.4, -0.2) is 27.8 Å². The van der Waals surface area contributed by atoms with Crippen molar-refractivity contribution in [2.75, 3.05) is 0 Å². The van der Waals surface area contributed by atoms with Crippen LogP contribution in [0.5, 0.6) is 0 Å². The standard InChI is InChI=1S/C15H16N2O4/c16-12(8-14(19)20)6-11-7-13(18)17(15(11)21)9-10-4-2-1-3-5-10/h1-5,8,11H,6-7,9,16H2,(H,19,20)/b12-8-. The van der Waals surface area contributed by atoms with Crippen molar-refractivity contribution in [3.8, 4) is 0 Å². The predicted molar refractivity (Wildman–Crippen MR) is 74.6 cm³/mol. The van der Waals surface area contributed by atoms with Crippen LogP contribution in [0.4, 0.5) is 0 Å². The summed E-state index contributed by atoms with van der Waals surface area (Å²) < 4.78 is 0. The quantitative estimate of drug-likeness (QED) is 0.618. The first-order chi connectivity index (χ1) is 9.97. The van der Waals surface area contributed by atoms with Gasteiger partial charge in [-0.15, -0.1) is 0 Å². The number of amides is 2. The highest BCUT2D eigenvalue weighted by atomic mass is 16.4. The van der Waals surface area contributed by atoms with Crippen LogP contribution in [0.25, 0.3) is 0 Å². The lowest BCUT2D eigenvalue weighted by Gasteiger charge is -2.15. The molecule has 2 rings (SSSR count). The second kappa shape index (κ2) is 6.21. The number of hydrogen-bond acceptors (Lipinski definition) is 4. The average Bonchev–Trinajstić information content (AvgIpc) is 2.67. The summed E-state index contributed by atoms with van der Waals surface area (Å²) in [6.07, 6.45) is 1.01. The van der Waals surface area contributed by atoms with Crippen molar-refractivity contribution in [2.24, 2.45) is 11.7 Å². The number of carboxylic acid groups (broad SMARTS) is 1. The summed E-state index contributed by atoms with van der Waals surface area (Å²) in [4.78, 5) is 35.9. The van der Waals surface area contributed by atoms with E-state index in [9.17, 15) is 14.4 Å². The van der Waals surface area contributed by atoms with Crippen molar-refractivity contribution in [2.45, 2.75) is 19.4 Å². The van der Waals surface area contributed by atoms with E-state index in [0.29, 0.717) is 0 Å². The number of likely N-dealkylation sites (tertiary alicyclic amines) is 1. The van der Waals surface area contributed by atoms with Gasteiger partial charge in [0.2, 0.25) is 11.8 Å². The summed E-state index contributed by atoms with van der Waals surface area (Å²) >= 11 is 0. The maximum atomic E-state index is 12.2. The summed E-state index contributed by atoms with van der Waals surface area (Å²) in [5, 5.41) is 8.60. The number of nitrogens with two attached hydrogens (primary N) is 1. The van der Waals surface area contributed by atoms with Crippen LogP contribution < -0.4 is 5.73 Å². The monoisotopic (exact) mass is 288 g/mol. The largest absolute Gasteiger partial charge is 0.478 e. The average molecular weight is 288 g/mol. The number of carboxylic acids is 1. The Morgan fingerprint density at radius 3 is 2.62 bits per heavy atom. The first-order valence-corrected chi connectivity index (χ1v) is 6.54. The molecule has 2 amide bonds. The Balaban J connectivity index is 2.05. The van der Waals surface area contributed by atoms with E-state index in [1.54, 1.807) is 0 Å². The normalized spacial score (nSPS) is 19.1. The Bertz CT molecular complexity index is 595. The minimum Gasteiger partial charge on any atom is -0.478 e. The molecule has 0 bridgehead atoms. The number of aliphatic carboxylic acids is 1. The molecule has 0 saturated carbocycles. The molecular formula is C15H16N2O4. The molecule has 110 valence electrons. The van der Waals surface area contributed by atoms with Crippen molar-refractivity contribution in [3.63, 3.8) is 0 Å². The lowest BCUT2D eigenvalue weighted by molar-refractivity contribution is -0.140. The Kier molecular flexibility index (Phi) is 4.37. The van der Waals surface area contributed by atoms with Crippen LogP contribution >= 0.6 is 0 Å². The molecule has 0 aliphatic carbocycles. The van der Waals surface area contributed by atoms with Gasteiger partial charge in [0.15, 0.2) is 0 Å². The van der Waals surface area contributed by atoms with Crippen LogP contribution in [0.15, 0.2) is 42.1 Å². The van der Waals surface area contributed by atoms with Gasteiger partial charge in [0.1, 0.15) is 0 Å². The van der Waals surface area contributed by atoms with Crippen molar-refractivity contribution < 1.29 is 19.5 Å². The molecule has 1 aromatic rings. The van der Waals surface area contributed by atoms with E-state index in [2.05, 4.69) is 0 Å². The van der Waals surface area contributed by atoms with Gasteiger partial charge in [-0.1, -0.05) is 30.3 Å². The van der Waals surface area contributed by atoms with Gasteiger partial charge in [-0.2, -0.15) is 0 Å². The molecule has 1 fully saturated rings. The van der Waals surface area contributed by atoms with E-state index in [4.69, 9.17) is 10.8 Å². The Morgan fingerprint density at radius 1 is 1.33 bits per heavy atom. The zero-order valence-electron chi connectivity index (χ0n) is 11.4. The predicted octanol–water partition coefficient (Wildman–Crippen LogP) is 0.879. The first-order valence-electron chi connectivity index (χ1n) is 6.54. The van der Waals surface area contributed by atoms with Crippen LogP contribution in [0.2, 0.25) is 0 Å². The van der Waals surface area contributed by atoms with E-state index in [1.807, 2.05) is 30.3 Å². The first kappa shape index (κ1) is 14.8. The maximum absolute atomic E-state index is 12.2. The maximum Gasteiger partial charge on any atom is 0.330 e. The fraction of sp³-hybridized carbons (Fsp3) is 0.267. The van der Waals surface area contributed by atoms with Gasteiger partial charge in [-0.3, -0.25) is 14.5 Å². The van der Waals surface area contributed by atoms with E-state index < -0.39 is 11.9 Å². The number of carbonyl (C=O) groups excluding carboxylic acids is 2. The summed E-state index contributed by atoms with van der Waals surface area (Å²) in [6.45, 7) is 0.234. The third-order valence-corrected chi connectivity index (χ3v) is 3.31. The molecule has 0 radical (unpaired) electrons. The second-order valence-electron chi connectivity index (χ2n) is 4.97. The van der Waals surface area contributed by atoms with E-state index in [-0.39, 0.29) is 36.9 Å². The molecule has 1 heterocycles. The lowest BCUT2D eigenvalue weighted by Crippen LogP contribution is -2.30. The van der Waals surface area contributed by atoms with Crippen LogP contribution in [0.3, 0.4) is 0 Å². The number of benzene rings is 1. The Hall–Kier alpha value is -2.63. The highest BCUT2D eigenvalue weighted by molar-refractivity contribution is 6.03. The van der Waals surface area contributed by atoms with E-state index in [1.165, 1.54) is 4.90 Å². The summed E-state index contributed by atoms with van der Waals surface area (Å²) in [5.41, 5.74) is 6.52. The lowest BCUT2D eigenvalue weighted by atomic mass is 10.0. The zero-order chi connectivity index (χ0) is 15.4. The van der Waals surface area contributed by atoms with Gasteiger partial charge in [-0.25, -0.2) is 4.79 Å². The van der Waals surface area contributed by atoms with Crippen LogP contribution in [0.1, 0.15) is 18.4 Å². The molecule has 6 nitrogen and oxygen atoms in total. The number of imide groups is 1. The number of nitrogens with zero attached hydrogens (tertiary/aromatic N) is 1. The SMILES string of the molecule is N/C(=C\C(=O)O)CC1CC(=O)N(Cc2ccccc2)C1=O. The molecule has 1 saturated heterocycles. The van der Waals surface area contributed by atoms with Gasteiger partial charge in [-0.05, 0) is 12.0 Å². The molecule has 1 aliphatic heterocycles. The highest BCUT2D eigenvalue weighted by Gasteiger charge is 2.38. The van der Waals surface area contributed by atoms with Gasteiger partial charge < -0.3 is 10.8 Å². The number of allylic oxidation sites excluding steroid dienone is 1. The number of hydrogen-bond donors (Lipinski definition) is 2. The van der Waals surface area contributed by atoms with Crippen molar-refractivity contribution in [3.05, 3.63) is 47.7 Å². The van der Waals surface area contributed by atoms with Crippen LogP contribution in [0, 0.1) is 5.92 Å². The molecule has 6 heteroatoms. The molecule has 0 spiro atoms. The third-order valence-electron chi connectivity index (χ3n) is 3.31. The molecule has 21 heavy (non-hydrogen) atoms. The molecule has 3 N–H and O–H groups in total. The van der Waals surface area contributed by atoms with Crippen molar-refractivity contribution in [1.29, 1.82) is 0 Å². The minimum absolute atomic E-state index is 0.0693. The van der Waals surface area contributed by atoms with Gasteiger partial charge in [0.25, 0.3) is 0 Å². The van der Waals surface area contributed by atoms with Gasteiger partial charge >= 0.3 is 5.97 Å². The minimum atomic E-state index is -1.16. The second-order valence-corrected chi connectivity index (χ2v) is 4.97. The number of rotatable bonds is 5. The molecule has 1 aromatic carbocycles. The van der Waals surface area contributed by atoms with E-state index in [0.717, 1.165) is 11.6 Å². The van der Waals surface area contributed by atoms with Crippen molar-refractivity contribution >= 4 is 17.8 Å². The smallest absolute Gasteiger partial charge is 0.330 e. The molecule has 1 unspecified atom stereocenters. The summed E-state index contributed by atoms with van der Waals surface area (Å²) in [5.74, 6) is -2.29. The third kappa shape index (κ3) is 3.68. The highest BCUT2D eigenvalue weighted by Crippen LogP contribution is 2.26. The fourth-order valence-electron chi connectivity index (χ4n) is 2.35. The zero-order valence-corrected chi connectivity index (χ0v) is 11.4. The van der Waals surface area contributed by atoms with Gasteiger partial charge in [0, 0.05) is 18.2 Å². The Morgan fingerprint density at radius 2 is 2.00 bits per heavy atom.